The number of amides is 1. The standard InChI is InChI=1S/C19H13BrF2N2O3S/c20-11-2-1-3-13-10(11)6-9(7-16(25)26)19(27)24(13)8-15-23-18-14(28-15)5-4-12(21)17(18)22/h1-5,9H,6-8H2,(H,25,26). The molecule has 1 N–H and O–H groups in total. The zero-order chi connectivity index (χ0) is 20.0. The zero-order valence-corrected chi connectivity index (χ0v) is 16.7. The maximum Gasteiger partial charge on any atom is 0.304 e. The average molecular weight is 467 g/mol. The summed E-state index contributed by atoms with van der Waals surface area (Å²) in [4.78, 5) is 29.8. The minimum absolute atomic E-state index is 0.0544. The highest BCUT2D eigenvalue weighted by Gasteiger charge is 2.35. The Bertz CT molecular complexity index is 1120. The number of carbonyl (C=O) groups excluding carboxylic acids is 1. The van der Waals surface area contributed by atoms with Gasteiger partial charge in [0.2, 0.25) is 5.91 Å². The lowest BCUT2D eigenvalue weighted by Gasteiger charge is -2.33. The van der Waals surface area contributed by atoms with Crippen LogP contribution in [0.5, 0.6) is 0 Å². The summed E-state index contributed by atoms with van der Waals surface area (Å²) in [6.07, 6.45) is 0.0356. The van der Waals surface area contributed by atoms with Gasteiger partial charge in [0.15, 0.2) is 11.6 Å². The van der Waals surface area contributed by atoms with Gasteiger partial charge in [0.05, 0.1) is 23.6 Å². The molecule has 9 heteroatoms. The molecular formula is C19H13BrF2N2O3S. The summed E-state index contributed by atoms with van der Waals surface area (Å²) in [5.74, 6) is -4.07. The van der Waals surface area contributed by atoms with E-state index in [0.29, 0.717) is 21.8 Å². The van der Waals surface area contributed by atoms with Crippen molar-refractivity contribution in [2.45, 2.75) is 19.4 Å². The smallest absolute Gasteiger partial charge is 0.304 e. The van der Waals surface area contributed by atoms with Crippen LogP contribution in [0.1, 0.15) is 17.0 Å². The molecule has 1 aromatic heterocycles. The van der Waals surface area contributed by atoms with Gasteiger partial charge in [0.25, 0.3) is 0 Å². The second-order valence-electron chi connectivity index (χ2n) is 6.48. The monoisotopic (exact) mass is 466 g/mol. The van der Waals surface area contributed by atoms with Gasteiger partial charge in [0, 0.05) is 10.2 Å². The molecule has 1 aliphatic heterocycles. The molecule has 1 atom stereocenters. The molecule has 0 bridgehead atoms. The molecule has 1 amide bonds. The lowest BCUT2D eigenvalue weighted by Crippen LogP contribution is -2.41. The van der Waals surface area contributed by atoms with Crippen molar-refractivity contribution in [1.82, 2.24) is 4.98 Å². The molecule has 2 aromatic carbocycles. The molecule has 3 aromatic rings. The second kappa shape index (κ2) is 7.21. The molecule has 0 fully saturated rings. The first-order valence-electron chi connectivity index (χ1n) is 8.39. The normalized spacial score (nSPS) is 16.5. The Morgan fingerprint density at radius 2 is 2.11 bits per heavy atom. The Kier molecular flexibility index (Phi) is 4.88. The number of aromatic nitrogens is 1. The fourth-order valence-corrected chi connectivity index (χ4v) is 4.86. The molecule has 0 radical (unpaired) electrons. The first-order chi connectivity index (χ1) is 13.3. The minimum atomic E-state index is -1.05. The highest BCUT2D eigenvalue weighted by atomic mass is 79.9. The highest BCUT2D eigenvalue weighted by molar-refractivity contribution is 9.10. The van der Waals surface area contributed by atoms with Crippen molar-refractivity contribution >= 4 is 55.0 Å². The van der Waals surface area contributed by atoms with Crippen LogP contribution in [0.2, 0.25) is 0 Å². The Hall–Kier alpha value is -2.39. The van der Waals surface area contributed by atoms with Gasteiger partial charge in [-0.05, 0) is 36.2 Å². The van der Waals surface area contributed by atoms with Crippen molar-refractivity contribution in [3.05, 3.63) is 57.0 Å². The van der Waals surface area contributed by atoms with E-state index in [4.69, 9.17) is 5.11 Å². The number of halogens is 3. The molecule has 2 heterocycles. The number of thiazole rings is 1. The number of carbonyl (C=O) groups is 2. The van der Waals surface area contributed by atoms with Crippen molar-refractivity contribution in [1.29, 1.82) is 0 Å². The summed E-state index contributed by atoms with van der Waals surface area (Å²) < 4.78 is 28.7. The quantitative estimate of drug-likeness (QED) is 0.613. The number of carboxylic acid groups (broad SMARTS) is 1. The lowest BCUT2D eigenvalue weighted by molar-refractivity contribution is -0.140. The van der Waals surface area contributed by atoms with E-state index in [1.165, 1.54) is 22.3 Å². The van der Waals surface area contributed by atoms with Gasteiger partial charge in [-0.1, -0.05) is 22.0 Å². The molecule has 1 unspecified atom stereocenters. The Labute approximate surface area is 170 Å². The molecule has 28 heavy (non-hydrogen) atoms. The Morgan fingerprint density at radius 3 is 2.86 bits per heavy atom. The zero-order valence-electron chi connectivity index (χ0n) is 14.3. The molecule has 0 saturated heterocycles. The third-order valence-corrected chi connectivity index (χ3v) is 6.41. The number of hydrogen-bond donors (Lipinski definition) is 1. The molecule has 0 saturated carbocycles. The number of nitrogens with zero attached hydrogens (tertiary/aromatic N) is 2. The minimum Gasteiger partial charge on any atom is -0.481 e. The fraction of sp³-hybridized carbons (Fsp3) is 0.211. The van der Waals surface area contributed by atoms with Crippen LogP contribution in [0.3, 0.4) is 0 Å². The summed E-state index contributed by atoms with van der Waals surface area (Å²) in [6, 6.07) is 7.89. The van der Waals surface area contributed by atoms with Gasteiger partial charge in [-0.25, -0.2) is 13.8 Å². The largest absolute Gasteiger partial charge is 0.481 e. The van der Waals surface area contributed by atoms with Crippen molar-refractivity contribution < 1.29 is 23.5 Å². The predicted molar refractivity (Wildman–Crippen MR) is 104 cm³/mol. The van der Waals surface area contributed by atoms with Crippen LogP contribution in [0.15, 0.2) is 34.8 Å². The Morgan fingerprint density at radius 1 is 1.32 bits per heavy atom. The van der Waals surface area contributed by atoms with E-state index < -0.39 is 23.5 Å². The fourth-order valence-electron chi connectivity index (χ4n) is 3.39. The molecule has 0 spiro atoms. The third-order valence-electron chi connectivity index (χ3n) is 4.66. The van der Waals surface area contributed by atoms with Crippen LogP contribution in [-0.4, -0.2) is 22.0 Å². The van der Waals surface area contributed by atoms with Gasteiger partial charge in [-0.2, -0.15) is 0 Å². The molecule has 144 valence electrons. The van der Waals surface area contributed by atoms with E-state index in [-0.39, 0.29) is 24.4 Å². The summed E-state index contributed by atoms with van der Waals surface area (Å²) in [7, 11) is 0. The van der Waals surface area contributed by atoms with Crippen LogP contribution >= 0.6 is 27.3 Å². The second-order valence-corrected chi connectivity index (χ2v) is 8.45. The first-order valence-corrected chi connectivity index (χ1v) is 10.00. The molecule has 4 rings (SSSR count). The Balaban J connectivity index is 1.75. The first kappa shape index (κ1) is 18.9. The number of aliphatic carboxylic acids is 1. The van der Waals surface area contributed by atoms with Crippen LogP contribution in [0.25, 0.3) is 10.2 Å². The maximum atomic E-state index is 14.0. The van der Waals surface area contributed by atoms with E-state index in [0.717, 1.165) is 16.1 Å². The molecular weight excluding hydrogens is 454 g/mol. The van der Waals surface area contributed by atoms with Crippen molar-refractivity contribution in [2.24, 2.45) is 5.92 Å². The number of carboxylic acids is 1. The van der Waals surface area contributed by atoms with Crippen molar-refractivity contribution in [3.63, 3.8) is 0 Å². The number of benzene rings is 2. The number of anilines is 1. The SMILES string of the molecule is O=C(O)CC1Cc2c(Br)cccc2N(Cc2nc3c(F)c(F)ccc3s2)C1=O. The van der Waals surface area contributed by atoms with E-state index >= 15 is 0 Å². The van der Waals surface area contributed by atoms with Gasteiger partial charge in [0.1, 0.15) is 10.5 Å². The van der Waals surface area contributed by atoms with Crippen LogP contribution in [0, 0.1) is 17.6 Å². The maximum absolute atomic E-state index is 14.0. The number of hydrogen-bond acceptors (Lipinski definition) is 4. The van der Waals surface area contributed by atoms with Crippen molar-refractivity contribution in [3.8, 4) is 0 Å². The van der Waals surface area contributed by atoms with Gasteiger partial charge in [-0.3, -0.25) is 9.59 Å². The molecule has 1 aliphatic rings. The predicted octanol–water partition coefficient (Wildman–Crippen LogP) is 4.52. The van der Waals surface area contributed by atoms with Crippen LogP contribution in [0.4, 0.5) is 14.5 Å². The summed E-state index contributed by atoms with van der Waals surface area (Å²) in [5.41, 5.74) is 1.43. The van der Waals surface area contributed by atoms with E-state index in [9.17, 15) is 18.4 Å². The van der Waals surface area contributed by atoms with Gasteiger partial charge >= 0.3 is 5.97 Å². The van der Waals surface area contributed by atoms with E-state index in [1.807, 2.05) is 6.07 Å². The molecule has 5 nitrogen and oxygen atoms in total. The number of fused-ring (bicyclic) bond motifs is 2. The summed E-state index contributed by atoms with van der Waals surface area (Å²) in [6.45, 7) is 0.0544. The van der Waals surface area contributed by atoms with Gasteiger partial charge in [-0.15, -0.1) is 11.3 Å². The summed E-state index contributed by atoms with van der Waals surface area (Å²) >= 11 is 4.63. The number of rotatable bonds is 4. The van der Waals surface area contributed by atoms with E-state index in [2.05, 4.69) is 20.9 Å². The molecule has 0 aliphatic carbocycles. The highest BCUT2D eigenvalue weighted by Crippen LogP contribution is 2.38. The van der Waals surface area contributed by atoms with Crippen LogP contribution in [-0.2, 0) is 22.6 Å². The summed E-state index contributed by atoms with van der Waals surface area (Å²) in [5, 5.41) is 9.60. The lowest BCUT2D eigenvalue weighted by atomic mass is 9.89. The van der Waals surface area contributed by atoms with Gasteiger partial charge < -0.3 is 10.0 Å². The van der Waals surface area contributed by atoms with E-state index in [1.54, 1.807) is 12.1 Å². The average Bonchev–Trinajstić information content (AvgIpc) is 3.06. The van der Waals surface area contributed by atoms with Crippen LogP contribution < -0.4 is 4.90 Å². The third kappa shape index (κ3) is 3.29. The topological polar surface area (TPSA) is 70.5 Å². The van der Waals surface area contributed by atoms with Crippen molar-refractivity contribution in [2.75, 3.05) is 4.90 Å².